The van der Waals surface area contributed by atoms with E-state index in [1.807, 2.05) is 21.9 Å². The van der Waals surface area contributed by atoms with Crippen LogP contribution in [0.15, 0.2) is 36.4 Å². The molecule has 3 heterocycles. The number of rotatable bonds is 4. The summed E-state index contributed by atoms with van der Waals surface area (Å²) in [5.74, 6) is -0.0223. The van der Waals surface area contributed by atoms with Crippen LogP contribution in [0, 0.1) is 5.82 Å². The molecule has 2 saturated heterocycles. The Balaban J connectivity index is 1.30. The van der Waals surface area contributed by atoms with Gasteiger partial charge in [-0.1, -0.05) is 12.1 Å². The summed E-state index contributed by atoms with van der Waals surface area (Å²) >= 11 is 1.44. The molecule has 7 heteroatoms. The smallest absolute Gasteiger partial charge is 0.264 e. The predicted octanol–water partition coefficient (Wildman–Crippen LogP) is 3.71. The number of carbonyl (C=O) groups is 2. The zero-order valence-electron chi connectivity index (χ0n) is 17.3. The summed E-state index contributed by atoms with van der Waals surface area (Å²) in [7, 11) is 0. The van der Waals surface area contributed by atoms with Gasteiger partial charge >= 0.3 is 0 Å². The van der Waals surface area contributed by atoms with E-state index in [0.717, 1.165) is 42.9 Å². The number of carbonyl (C=O) groups excluding carboxylic acids is 2. The third-order valence-corrected chi connectivity index (χ3v) is 7.21. The van der Waals surface area contributed by atoms with Crippen molar-refractivity contribution in [1.82, 2.24) is 14.7 Å². The number of thiophene rings is 1. The van der Waals surface area contributed by atoms with Crippen molar-refractivity contribution in [2.24, 2.45) is 0 Å². The van der Waals surface area contributed by atoms with E-state index in [1.165, 1.54) is 29.9 Å². The lowest BCUT2D eigenvalue weighted by molar-refractivity contribution is -0.136. The number of benzene rings is 1. The van der Waals surface area contributed by atoms with Gasteiger partial charge in [-0.25, -0.2) is 4.39 Å². The SMILES string of the molecule is CC1CCCCN1C(=O)CN1CCN(C(=O)c2ccc(-c3ccc(F)cc3)s2)CC1. The lowest BCUT2D eigenvalue weighted by atomic mass is 10.0. The first-order valence-corrected chi connectivity index (χ1v) is 11.5. The van der Waals surface area contributed by atoms with E-state index >= 15 is 0 Å². The molecule has 2 aliphatic rings. The highest BCUT2D eigenvalue weighted by atomic mass is 32.1. The Hall–Kier alpha value is -2.25. The average molecular weight is 430 g/mol. The first-order valence-electron chi connectivity index (χ1n) is 10.7. The van der Waals surface area contributed by atoms with Gasteiger partial charge < -0.3 is 9.80 Å². The number of nitrogens with zero attached hydrogens (tertiary/aromatic N) is 3. The van der Waals surface area contributed by atoms with Crippen LogP contribution in [0.5, 0.6) is 0 Å². The van der Waals surface area contributed by atoms with Gasteiger partial charge in [-0.2, -0.15) is 0 Å². The summed E-state index contributed by atoms with van der Waals surface area (Å²) in [4.78, 5) is 33.2. The van der Waals surface area contributed by atoms with E-state index in [9.17, 15) is 14.0 Å². The molecule has 0 saturated carbocycles. The zero-order valence-corrected chi connectivity index (χ0v) is 18.2. The molecule has 1 atom stereocenters. The molecule has 0 radical (unpaired) electrons. The van der Waals surface area contributed by atoms with Crippen LogP contribution >= 0.6 is 11.3 Å². The van der Waals surface area contributed by atoms with Crippen molar-refractivity contribution < 1.29 is 14.0 Å². The first kappa shape index (κ1) is 21.0. The minimum Gasteiger partial charge on any atom is -0.339 e. The molecule has 2 aromatic rings. The summed E-state index contributed by atoms with van der Waals surface area (Å²) in [6, 6.07) is 10.4. The number of likely N-dealkylation sites (tertiary alicyclic amines) is 1. The van der Waals surface area contributed by atoms with Crippen molar-refractivity contribution >= 4 is 23.2 Å². The second kappa shape index (κ2) is 9.27. The van der Waals surface area contributed by atoms with Gasteiger partial charge in [-0.15, -0.1) is 11.3 Å². The zero-order chi connectivity index (χ0) is 21.1. The van der Waals surface area contributed by atoms with E-state index in [4.69, 9.17) is 0 Å². The van der Waals surface area contributed by atoms with Crippen molar-refractivity contribution in [2.45, 2.75) is 32.2 Å². The number of piperazine rings is 1. The maximum atomic E-state index is 13.1. The predicted molar refractivity (Wildman–Crippen MR) is 117 cm³/mol. The molecule has 5 nitrogen and oxygen atoms in total. The second-order valence-corrected chi connectivity index (χ2v) is 9.25. The molecular weight excluding hydrogens is 401 g/mol. The van der Waals surface area contributed by atoms with Gasteiger partial charge in [-0.3, -0.25) is 14.5 Å². The maximum absolute atomic E-state index is 13.1. The number of halogens is 1. The largest absolute Gasteiger partial charge is 0.339 e. The van der Waals surface area contributed by atoms with Gasteiger partial charge in [0, 0.05) is 43.6 Å². The van der Waals surface area contributed by atoms with E-state index in [1.54, 1.807) is 12.1 Å². The van der Waals surface area contributed by atoms with Crippen LogP contribution in [0.4, 0.5) is 4.39 Å². The van der Waals surface area contributed by atoms with Crippen LogP contribution in [0.25, 0.3) is 10.4 Å². The highest BCUT2D eigenvalue weighted by Crippen LogP contribution is 2.29. The highest BCUT2D eigenvalue weighted by Gasteiger charge is 2.28. The Morgan fingerprint density at radius 1 is 1.00 bits per heavy atom. The van der Waals surface area contributed by atoms with Crippen LogP contribution in [0.1, 0.15) is 35.9 Å². The fraction of sp³-hybridized carbons (Fsp3) is 0.478. The summed E-state index contributed by atoms with van der Waals surface area (Å²) in [6.07, 6.45) is 3.39. The van der Waals surface area contributed by atoms with Gasteiger partial charge in [0.25, 0.3) is 5.91 Å². The van der Waals surface area contributed by atoms with Crippen LogP contribution in [-0.4, -0.2) is 71.8 Å². The normalized spacial score (nSPS) is 20.4. The molecule has 1 aromatic heterocycles. The molecule has 4 rings (SSSR count). The fourth-order valence-electron chi connectivity index (χ4n) is 4.24. The molecule has 0 N–H and O–H groups in total. The van der Waals surface area contributed by atoms with Crippen LogP contribution in [-0.2, 0) is 4.79 Å². The second-order valence-electron chi connectivity index (χ2n) is 8.17. The molecule has 2 fully saturated rings. The number of amides is 2. The molecule has 0 aliphatic carbocycles. The first-order chi connectivity index (χ1) is 14.5. The van der Waals surface area contributed by atoms with E-state index < -0.39 is 0 Å². The maximum Gasteiger partial charge on any atom is 0.264 e. The lowest BCUT2D eigenvalue weighted by Crippen LogP contribution is -2.53. The van der Waals surface area contributed by atoms with Gasteiger partial charge in [0.05, 0.1) is 11.4 Å². The minimum atomic E-state index is -0.266. The molecule has 0 spiro atoms. The Kier molecular flexibility index (Phi) is 6.49. The Labute approximate surface area is 181 Å². The lowest BCUT2D eigenvalue weighted by Gasteiger charge is -2.38. The Morgan fingerprint density at radius 3 is 2.43 bits per heavy atom. The average Bonchev–Trinajstić information content (AvgIpc) is 3.25. The van der Waals surface area contributed by atoms with Gasteiger partial charge in [0.2, 0.25) is 5.91 Å². The van der Waals surface area contributed by atoms with Crippen LogP contribution < -0.4 is 0 Å². The van der Waals surface area contributed by atoms with Gasteiger partial charge in [-0.05, 0) is 56.0 Å². The summed E-state index contributed by atoms with van der Waals surface area (Å²) in [6.45, 7) is 6.14. The summed E-state index contributed by atoms with van der Waals surface area (Å²) in [5.41, 5.74) is 0.913. The Morgan fingerprint density at radius 2 is 1.73 bits per heavy atom. The molecule has 0 bridgehead atoms. The molecule has 30 heavy (non-hydrogen) atoms. The van der Waals surface area contributed by atoms with Gasteiger partial charge in [0.1, 0.15) is 5.82 Å². The molecular formula is C23H28FN3O2S. The summed E-state index contributed by atoms with van der Waals surface area (Å²) in [5, 5.41) is 0. The fourth-order valence-corrected chi connectivity index (χ4v) is 5.22. The topological polar surface area (TPSA) is 43.9 Å². The van der Waals surface area contributed by atoms with Crippen molar-refractivity contribution in [3.63, 3.8) is 0 Å². The number of hydrogen-bond acceptors (Lipinski definition) is 4. The van der Waals surface area contributed by atoms with Crippen molar-refractivity contribution in [1.29, 1.82) is 0 Å². The van der Waals surface area contributed by atoms with Crippen molar-refractivity contribution in [3.05, 3.63) is 47.1 Å². The molecule has 2 amide bonds. The van der Waals surface area contributed by atoms with E-state index in [0.29, 0.717) is 30.6 Å². The third-order valence-electron chi connectivity index (χ3n) is 6.09. The van der Waals surface area contributed by atoms with E-state index in [-0.39, 0.29) is 17.6 Å². The number of hydrogen-bond donors (Lipinski definition) is 0. The van der Waals surface area contributed by atoms with Crippen molar-refractivity contribution in [3.8, 4) is 10.4 Å². The molecule has 1 unspecified atom stereocenters. The van der Waals surface area contributed by atoms with Crippen LogP contribution in [0.2, 0.25) is 0 Å². The standard InChI is InChI=1S/C23H28FN3O2S/c1-17-4-2-3-11-27(17)22(28)16-25-12-14-26(15-13-25)23(29)21-10-9-20(30-21)18-5-7-19(24)8-6-18/h5-10,17H,2-4,11-16H2,1H3. The van der Waals surface area contributed by atoms with Gasteiger partial charge in [0.15, 0.2) is 0 Å². The number of piperidine rings is 1. The highest BCUT2D eigenvalue weighted by molar-refractivity contribution is 7.17. The third kappa shape index (κ3) is 4.73. The molecule has 2 aliphatic heterocycles. The molecule has 160 valence electrons. The quantitative estimate of drug-likeness (QED) is 0.744. The summed E-state index contributed by atoms with van der Waals surface area (Å²) < 4.78 is 13.1. The van der Waals surface area contributed by atoms with E-state index in [2.05, 4.69) is 11.8 Å². The van der Waals surface area contributed by atoms with Crippen molar-refractivity contribution in [2.75, 3.05) is 39.3 Å². The molecule has 1 aromatic carbocycles. The monoisotopic (exact) mass is 429 g/mol. The minimum absolute atomic E-state index is 0.0315. The Bertz CT molecular complexity index is 890. The van der Waals surface area contributed by atoms with Crippen LogP contribution in [0.3, 0.4) is 0 Å².